The van der Waals surface area contributed by atoms with Crippen molar-refractivity contribution in [1.82, 2.24) is 0 Å². The number of para-hydroxylation sites is 1. The van der Waals surface area contributed by atoms with Crippen LogP contribution in [0.4, 0.5) is 5.69 Å². The van der Waals surface area contributed by atoms with Gasteiger partial charge >= 0.3 is 5.97 Å². The molecular weight excluding hydrogens is 270 g/mol. The number of methoxy groups -OCH3 is 1. The first-order valence-electron chi connectivity index (χ1n) is 6.57. The van der Waals surface area contributed by atoms with Crippen molar-refractivity contribution >= 4 is 11.7 Å². The van der Waals surface area contributed by atoms with E-state index in [4.69, 9.17) is 14.2 Å². The molecule has 2 aromatic carbocycles. The maximum Gasteiger partial charge on any atom is 0.332 e. The second-order valence-electron chi connectivity index (χ2n) is 4.58. The largest absolute Gasteiger partial charge is 0.467 e. The Kier molecular flexibility index (Phi) is 3.64. The lowest BCUT2D eigenvalue weighted by atomic mass is 10.1. The first-order valence-corrected chi connectivity index (χ1v) is 6.57. The molecule has 1 unspecified atom stereocenters. The van der Waals surface area contributed by atoms with E-state index < -0.39 is 6.04 Å². The zero-order valence-corrected chi connectivity index (χ0v) is 11.5. The third-order valence-corrected chi connectivity index (χ3v) is 3.25. The average molecular weight is 285 g/mol. The van der Waals surface area contributed by atoms with Gasteiger partial charge in [-0.05, 0) is 29.8 Å². The summed E-state index contributed by atoms with van der Waals surface area (Å²) in [5.41, 5.74) is 1.60. The van der Waals surface area contributed by atoms with Gasteiger partial charge in [0.15, 0.2) is 17.5 Å². The van der Waals surface area contributed by atoms with E-state index in [9.17, 15) is 4.79 Å². The highest BCUT2D eigenvalue weighted by Gasteiger charge is 2.24. The summed E-state index contributed by atoms with van der Waals surface area (Å²) in [5, 5.41) is 3.17. The SMILES string of the molecule is COC(=O)C(Nc1ccccc1)c1ccc2c(c1)OCO2. The quantitative estimate of drug-likeness (QED) is 0.875. The summed E-state index contributed by atoms with van der Waals surface area (Å²) < 4.78 is 15.5. The Bertz CT molecular complexity index is 642. The molecule has 0 radical (unpaired) electrons. The molecular formula is C16H15NO4. The van der Waals surface area contributed by atoms with Gasteiger partial charge < -0.3 is 19.5 Å². The van der Waals surface area contributed by atoms with Crippen LogP contribution >= 0.6 is 0 Å². The molecule has 2 aromatic rings. The van der Waals surface area contributed by atoms with Gasteiger partial charge in [-0.3, -0.25) is 0 Å². The monoisotopic (exact) mass is 285 g/mol. The van der Waals surface area contributed by atoms with Crippen molar-refractivity contribution in [3.8, 4) is 11.5 Å². The van der Waals surface area contributed by atoms with E-state index in [0.29, 0.717) is 11.5 Å². The molecule has 21 heavy (non-hydrogen) atoms. The molecule has 1 N–H and O–H groups in total. The predicted octanol–water partition coefficient (Wildman–Crippen LogP) is 2.74. The van der Waals surface area contributed by atoms with Crippen molar-refractivity contribution < 1.29 is 19.0 Å². The highest BCUT2D eigenvalue weighted by atomic mass is 16.7. The molecule has 0 fully saturated rings. The van der Waals surface area contributed by atoms with Crippen molar-refractivity contribution in [3.63, 3.8) is 0 Å². The van der Waals surface area contributed by atoms with E-state index in [2.05, 4.69) is 5.32 Å². The molecule has 1 aliphatic heterocycles. The Morgan fingerprint density at radius 2 is 1.90 bits per heavy atom. The van der Waals surface area contributed by atoms with E-state index in [-0.39, 0.29) is 12.8 Å². The van der Waals surface area contributed by atoms with Gasteiger partial charge in [0.25, 0.3) is 0 Å². The summed E-state index contributed by atoms with van der Waals surface area (Å²) in [6.45, 7) is 0.202. The Labute approximate surface area is 122 Å². The van der Waals surface area contributed by atoms with Crippen molar-refractivity contribution in [3.05, 3.63) is 54.1 Å². The normalized spacial score (nSPS) is 13.6. The number of anilines is 1. The smallest absolute Gasteiger partial charge is 0.332 e. The molecule has 108 valence electrons. The summed E-state index contributed by atoms with van der Waals surface area (Å²) in [4.78, 5) is 12.1. The number of esters is 1. The Morgan fingerprint density at radius 1 is 1.14 bits per heavy atom. The average Bonchev–Trinajstić information content (AvgIpc) is 3.00. The van der Waals surface area contributed by atoms with Crippen molar-refractivity contribution in [1.29, 1.82) is 0 Å². The lowest BCUT2D eigenvalue weighted by Gasteiger charge is -2.18. The third-order valence-electron chi connectivity index (χ3n) is 3.25. The second kappa shape index (κ2) is 5.75. The molecule has 1 atom stereocenters. The van der Waals surface area contributed by atoms with Gasteiger partial charge in [-0.25, -0.2) is 4.79 Å². The molecule has 0 saturated carbocycles. The number of carbonyl (C=O) groups excluding carboxylic acids is 1. The van der Waals surface area contributed by atoms with Crippen LogP contribution in [0.5, 0.6) is 11.5 Å². The van der Waals surface area contributed by atoms with Gasteiger partial charge in [-0.1, -0.05) is 24.3 Å². The summed E-state index contributed by atoms with van der Waals surface area (Å²) >= 11 is 0. The minimum Gasteiger partial charge on any atom is -0.467 e. The molecule has 0 aliphatic carbocycles. The number of benzene rings is 2. The standard InChI is InChI=1S/C16H15NO4/c1-19-16(18)15(17-12-5-3-2-4-6-12)11-7-8-13-14(9-11)21-10-20-13/h2-9,15,17H,10H2,1H3. The predicted molar refractivity (Wildman–Crippen MR) is 77.4 cm³/mol. The summed E-state index contributed by atoms with van der Waals surface area (Å²) in [6.07, 6.45) is 0. The maximum atomic E-state index is 12.1. The third kappa shape index (κ3) is 2.76. The number of carbonyl (C=O) groups is 1. The summed E-state index contributed by atoms with van der Waals surface area (Å²) in [5.74, 6) is 0.955. The van der Waals surface area contributed by atoms with Crippen LogP contribution in [0.3, 0.4) is 0 Å². The van der Waals surface area contributed by atoms with Crippen LogP contribution in [0.2, 0.25) is 0 Å². The fourth-order valence-corrected chi connectivity index (χ4v) is 2.19. The minimum absolute atomic E-state index is 0.202. The fourth-order valence-electron chi connectivity index (χ4n) is 2.19. The van der Waals surface area contributed by atoms with Gasteiger partial charge in [0.2, 0.25) is 6.79 Å². The van der Waals surface area contributed by atoms with Gasteiger partial charge in [0, 0.05) is 5.69 Å². The Balaban J connectivity index is 1.90. The molecule has 0 amide bonds. The second-order valence-corrected chi connectivity index (χ2v) is 4.58. The first-order chi connectivity index (χ1) is 10.3. The highest BCUT2D eigenvalue weighted by molar-refractivity contribution is 5.81. The Morgan fingerprint density at radius 3 is 2.67 bits per heavy atom. The molecule has 5 heteroatoms. The van der Waals surface area contributed by atoms with Crippen LogP contribution in [0.15, 0.2) is 48.5 Å². The van der Waals surface area contributed by atoms with Crippen molar-refractivity contribution in [2.75, 3.05) is 19.2 Å². The minimum atomic E-state index is -0.605. The van der Waals surface area contributed by atoms with E-state index in [1.165, 1.54) is 7.11 Å². The van der Waals surface area contributed by atoms with Crippen LogP contribution in [-0.2, 0) is 9.53 Å². The molecule has 5 nitrogen and oxygen atoms in total. The van der Waals surface area contributed by atoms with E-state index in [0.717, 1.165) is 11.3 Å². The van der Waals surface area contributed by atoms with Gasteiger partial charge in [-0.2, -0.15) is 0 Å². The van der Waals surface area contributed by atoms with Gasteiger partial charge in [0.05, 0.1) is 7.11 Å². The molecule has 3 rings (SSSR count). The molecule has 0 spiro atoms. The first kappa shape index (κ1) is 13.3. The van der Waals surface area contributed by atoms with Crippen LogP contribution in [0.1, 0.15) is 11.6 Å². The number of hydrogen-bond acceptors (Lipinski definition) is 5. The Hall–Kier alpha value is -2.69. The van der Waals surface area contributed by atoms with Gasteiger partial charge in [-0.15, -0.1) is 0 Å². The van der Waals surface area contributed by atoms with E-state index >= 15 is 0 Å². The zero-order valence-electron chi connectivity index (χ0n) is 11.5. The van der Waals surface area contributed by atoms with E-state index in [1.54, 1.807) is 12.1 Å². The van der Waals surface area contributed by atoms with Crippen LogP contribution in [-0.4, -0.2) is 19.9 Å². The number of fused-ring (bicyclic) bond motifs is 1. The highest BCUT2D eigenvalue weighted by Crippen LogP contribution is 2.35. The molecule has 0 bridgehead atoms. The lowest BCUT2D eigenvalue weighted by molar-refractivity contribution is -0.141. The van der Waals surface area contributed by atoms with Crippen molar-refractivity contribution in [2.45, 2.75) is 6.04 Å². The number of nitrogens with one attached hydrogen (secondary N) is 1. The zero-order chi connectivity index (χ0) is 14.7. The molecule has 1 heterocycles. The van der Waals surface area contributed by atoms with E-state index in [1.807, 2.05) is 36.4 Å². The molecule has 0 saturated heterocycles. The molecule has 0 aromatic heterocycles. The number of ether oxygens (including phenoxy) is 3. The summed E-state index contributed by atoms with van der Waals surface area (Å²) in [7, 11) is 1.37. The van der Waals surface area contributed by atoms with Crippen LogP contribution < -0.4 is 14.8 Å². The maximum absolute atomic E-state index is 12.1. The number of rotatable bonds is 4. The fraction of sp³-hybridized carbons (Fsp3) is 0.188. The lowest BCUT2D eigenvalue weighted by Crippen LogP contribution is -2.22. The molecule has 1 aliphatic rings. The van der Waals surface area contributed by atoms with Crippen LogP contribution in [0, 0.1) is 0 Å². The van der Waals surface area contributed by atoms with Gasteiger partial charge in [0.1, 0.15) is 0 Å². The summed E-state index contributed by atoms with van der Waals surface area (Å²) in [6, 6.07) is 14.3. The van der Waals surface area contributed by atoms with Crippen molar-refractivity contribution in [2.24, 2.45) is 0 Å². The van der Waals surface area contributed by atoms with Crippen LogP contribution in [0.25, 0.3) is 0 Å². The number of hydrogen-bond donors (Lipinski definition) is 1. The topological polar surface area (TPSA) is 56.8 Å².